The Labute approximate surface area is 110 Å². The van der Waals surface area contributed by atoms with E-state index in [9.17, 15) is 0 Å². The fourth-order valence-electron chi connectivity index (χ4n) is 1.77. The van der Waals surface area contributed by atoms with Crippen LogP contribution in [-0.2, 0) is 6.42 Å². The molecule has 0 heterocycles. The predicted molar refractivity (Wildman–Crippen MR) is 77.9 cm³/mol. The molecule has 1 rings (SSSR count). The van der Waals surface area contributed by atoms with Crippen molar-refractivity contribution in [1.29, 1.82) is 0 Å². The zero-order valence-electron chi connectivity index (χ0n) is 10.8. The van der Waals surface area contributed by atoms with Gasteiger partial charge in [-0.3, -0.25) is 0 Å². The highest BCUT2D eigenvalue weighted by Crippen LogP contribution is 2.13. The molecule has 17 heavy (non-hydrogen) atoms. The van der Waals surface area contributed by atoms with Gasteiger partial charge in [0.25, 0.3) is 0 Å². The number of hydrogen-bond donors (Lipinski definition) is 1. The van der Waals surface area contributed by atoms with Crippen molar-refractivity contribution in [3.8, 4) is 5.75 Å². The molecule has 0 atom stereocenters. The maximum absolute atomic E-state index is 9.16. The lowest BCUT2D eigenvalue weighted by Crippen LogP contribution is -1.89. The highest BCUT2D eigenvalue weighted by Gasteiger charge is 1.95. The van der Waals surface area contributed by atoms with Crippen LogP contribution in [0, 0.1) is 0 Å². The Hall–Kier alpha value is -0.630. The number of phenolic OH excluding ortho intramolecular Hbond substituents is 1. The van der Waals surface area contributed by atoms with Gasteiger partial charge in [0.1, 0.15) is 5.75 Å². The summed E-state index contributed by atoms with van der Waals surface area (Å²) in [6.45, 7) is 2.25. The topological polar surface area (TPSA) is 20.2 Å². The van der Waals surface area contributed by atoms with E-state index in [1.807, 2.05) is 12.1 Å². The van der Waals surface area contributed by atoms with Gasteiger partial charge in [-0.15, -0.1) is 0 Å². The van der Waals surface area contributed by atoms with Crippen molar-refractivity contribution in [2.24, 2.45) is 0 Å². The lowest BCUT2D eigenvalue weighted by Gasteiger charge is -2.02. The fourth-order valence-corrected chi connectivity index (χ4v) is 2.73. The van der Waals surface area contributed by atoms with Gasteiger partial charge in [0, 0.05) is 0 Å². The first-order valence-electron chi connectivity index (χ1n) is 6.68. The third-order valence-corrected chi connectivity index (χ3v) is 3.99. The highest BCUT2D eigenvalue weighted by atomic mass is 32.2. The second-order valence-electron chi connectivity index (χ2n) is 4.44. The van der Waals surface area contributed by atoms with Crippen LogP contribution >= 0.6 is 11.8 Å². The molecule has 1 N–H and O–H groups in total. The normalized spacial score (nSPS) is 10.6. The van der Waals surface area contributed by atoms with Crippen molar-refractivity contribution in [3.05, 3.63) is 29.8 Å². The van der Waals surface area contributed by atoms with Crippen LogP contribution in [0.25, 0.3) is 0 Å². The number of hydrogen-bond acceptors (Lipinski definition) is 2. The Bertz CT molecular complexity index is 281. The van der Waals surface area contributed by atoms with Gasteiger partial charge in [-0.25, -0.2) is 0 Å². The molecule has 0 saturated carbocycles. The van der Waals surface area contributed by atoms with E-state index in [0.29, 0.717) is 5.75 Å². The van der Waals surface area contributed by atoms with Crippen LogP contribution in [0.1, 0.15) is 44.6 Å². The molecular formula is C15H24OS. The lowest BCUT2D eigenvalue weighted by atomic mass is 10.1. The minimum Gasteiger partial charge on any atom is -0.508 e. The molecule has 0 radical (unpaired) electrons. The van der Waals surface area contributed by atoms with E-state index in [0.717, 1.165) is 6.42 Å². The van der Waals surface area contributed by atoms with Crippen LogP contribution in [0.15, 0.2) is 24.3 Å². The first-order chi connectivity index (χ1) is 8.33. The van der Waals surface area contributed by atoms with E-state index in [-0.39, 0.29) is 0 Å². The van der Waals surface area contributed by atoms with Crippen LogP contribution in [0.4, 0.5) is 0 Å². The first kappa shape index (κ1) is 14.4. The molecule has 0 aliphatic heterocycles. The molecular weight excluding hydrogens is 228 g/mol. The van der Waals surface area contributed by atoms with Crippen molar-refractivity contribution in [1.82, 2.24) is 0 Å². The summed E-state index contributed by atoms with van der Waals surface area (Å²) in [4.78, 5) is 0. The third kappa shape index (κ3) is 7.32. The molecule has 0 fully saturated rings. The molecule has 0 aliphatic carbocycles. The average molecular weight is 252 g/mol. The zero-order valence-corrected chi connectivity index (χ0v) is 11.6. The van der Waals surface area contributed by atoms with Crippen molar-refractivity contribution in [3.63, 3.8) is 0 Å². The molecule has 0 saturated heterocycles. The number of phenols is 1. The van der Waals surface area contributed by atoms with Gasteiger partial charge in [0.2, 0.25) is 0 Å². The molecule has 0 unspecified atom stereocenters. The Morgan fingerprint density at radius 3 is 2.35 bits per heavy atom. The molecule has 1 nitrogen and oxygen atoms in total. The van der Waals surface area contributed by atoms with E-state index in [1.165, 1.54) is 49.2 Å². The minimum absolute atomic E-state index is 0.360. The lowest BCUT2D eigenvalue weighted by molar-refractivity contribution is 0.475. The molecule has 0 aromatic heterocycles. The quantitative estimate of drug-likeness (QED) is 0.646. The molecule has 1 aromatic carbocycles. The van der Waals surface area contributed by atoms with Gasteiger partial charge in [-0.2, -0.15) is 11.8 Å². The average Bonchev–Trinajstić information content (AvgIpc) is 2.35. The summed E-state index contributed by atoms with van der Waals surface area (Å²) in [6, 6.07) is 7.57. The maximum atomic E-state index is 9.16. The molecule has 0 bridgehead atoms. The van der Waals surface area contributed by atoms with Crippen LogP contribution in [-0.4, -0.2) is 16.6 Å². The van der Waals surface area contributed by atoms with Gasteiger partial charge in [0.05, 0.1) is 0 Å². The SMILES string of the molecule is CCCCCCSCCCc1ccc(O)cc1. The van der Waals surface area contributed by atoms with Gasteiger partial charge in [0.15, 0.2) is 0 Å². The van der Waals surface area contributed by atoms with E-state index in [2.05, 4.69) is 18.7 Å². The Kier molecular flexibility index (Phi) is 7.98. The van der Waals surface area contributed by atoms with Crippen molar-refractivity contribution in [2.45, 2.75) is 45.4 Å². The summed E-state index contributed by atoms with van der Waals surface area (Å²) in [7, 11) is 0. The standard InChI is InChI=1S/C15H24OS/c1-2-3-4-5-12-17-13-6-7-14-8-10-15(16)11-9-14/h8-11,16H,2-7,12-13H2,1H3. The van der Waals surface area contributed by atoms with E-state index in [1.54, 1.807) is 12.1 Å². The van der Waals surface area contributed by atoms with Gasteiger partial charge >= 0.3 is 0 Å². The molecule has 96 valence electrons. The van der Waals surface area contributed by atoms with E-state index < -0.39 is 0 Å². The van der Waals surface area contributed by atoms with E-state index in [4.69, 9.17) is 5.11 Å². The molecule has 0 amide bonds. The number of aromatic hydroxyl groups is 1. The summed E-state index contributed by atoms with van der Waals surface area (Å²) >= 11 is 2.08. The minimum atomic E-state index is 0.360. The first-order valence-corrected chi connectivity index (χ1v) is 7.84. The largest absolute Gasteiger partial charge is 0.508 e. The van der Waals surface area contributed by atoms with Gasteiger partial charge in [-0.1, -0.05) is 38.3 Å². The smallest absolute Gasteiger partial charge is 0.115 e. The second kappa shape index (κ2) is 9.41. The number of unbranched alkanes of at least 4 members (excludes halogenated alkanes) is 3. The summed E-state index contributed by atoms with van der Waals surface area (Å²) < 4.78 is 0. The molecule has 0 spiro atoms. The highest BCUT2D eigenvalue weighted by molar-refractivity contribution is 7.99. The van der Waals surface area contributed by atoms with Crippen molar-refractivity contribution < 1.29 is 5.11 Å². The van der Waals surface area contributed by atoms with Gasteiger partial charge < -0.3 is 5.11 Å². The van der Waals surface area contributed by atoms with Crippen molar-refractivity contribution >= 4 is 11.8 Å². The molecule has 2 heteroatoms. The predicted octanol–water partition coefficient (Wildman–Crippen LogP) is 4.64. The van der Waals surface area contributed by atoms with Gasteiger partial charge in [-0.05, 0) is 48.5 Å². The summed E-state index contributed by atoms with van der Waals surface area (Å²) in [5.41, 5.74) is 1.33. The summed E-state index contributed by atoms with van der Waals surface area (Å²) in [5, 5.41) is 9.16. The van der Waals surface area contributed by atoms with Crippen LogP contribution in [0.3, 0.4) is 0 Å². The second-order valence-corrected chi connectivity index (χ2v) is 5.67. The third-order valence-electron chi connectivity index (χ3n) is 2.83. The number of rotatable bonds is 9. The Balaban J connectivity index is 1.95. The van der Waals surface area contributed by atoms with Crippen LogP contribution in [0.2, 0.25) is 0 Å². The Morgan fingerprint density at radius 1 is 0.941 bits per heavy atom. The maximum Gasteiger partial charge on any atom is 0.115 e. The van der Waals surface area contributed by atoms with Crippen LogP contribution in [0.5, 0.6) is 5.75 Å². The fraction of sp³-hybridized carbons (Fsp3) is 0.600. The number of benzene rings is 1. The Morgan fingerprint density at radius 2 is 1.65 bits per heavy atom. The number of thioether (sulfide) groups is 1. The van der Waals surface area contributed by atoms with Crippen molar-refractivity contribution in [2.75, 3.05) is 11.5 Å². The van der Waals surface area contributed by atoms with Crippen LogP contribution < -0.4 is 0 Å². The molecule has 0 aliphatic rings. The van der Waals surface area contributed by atoms with E-state index >= 15 is 0 Å². The number of aryl methyl sites for hydroxylation is 1. The zero-order chi connectivity index (χ0) is 12.3. The summed E-state index contributed by atoms with van der Waals surface area (Å²) in [6.07, 6.45) is 7.84. The summed E-state index contributed by atoms with van der Waals surface area (Å²) in [5.74, 6) is 2.93. The molecule has 1 aromatic rings. The monoisotopic (exact) mass is 252 g/mol.